The summed E-state index contributed by atoms with van der Waals surface area (Å²) >= 11 is 1.38. The standard InChI is InChI=1S/C10H15N3O3S/c1-6(3-8(11)14)12-10-13-7(5-17-10)4-9(15)16-2/h5-6H,3-4H2,1-2H3,(H2,11,14)(H,12,13). The van der Waals surface area contributed by atoms with E-state index >= 15 is 0 Å². The molecule has 0 spiro atoms. The Kier molecular flexibility index (Phi) is 4.89. The molecule has 7 heteroatoms. The van der Waals surface area contributed by atoms with Gasteiger partial charge in [-0.25, -0.2) is 4.98 Å². The molecule has 1 aromatic heterocycles. The summed E-state index contributed by atoms with van der Waals surface area (Å²) in [5, 5.41) is 5.48. The highest BCUT2D eigenvalue weighted by Crippen LogP contribution is 2.17. The van der Waals surface area contributed by atoms with E-state index in [0.29, 0.717) is 10.8 Å². The van der Waals surface area contributed by atoms with E-state index < -0.39 is 0 Å². The molecule has 0 aromatic carbocycles. The van der Waals surface area contributed by atoms with E-state index in [1.165, 1.54) is 18.4 Å². The molecule has 6 nitrogen and oxygen atoms in total. The van der Waals surface area contributed by atoms with Gasteiger partial charge in [0.1, 0.15) is 0 Å². The van der Waals surface area contributed by atoms with Crippen molar-refractivity contribution in [3.05, 3.63) is 11.1 Å². The van der Waals surface area contributed by atoms with Gasteiger partial charge in [-0.1, -0.05) is 0 Å². The molecule has 0 bridgehead atoms. The normalized spacial score (nSPS) is 11.9. The van der Waals surface area contributed by atoms with Crippen molar-refractivity contribution >= 4 is 28.3 Å². The van der Waals surface area contributed by atoms with Crippen LogP contribution in [0.25, 0.3) is 0 Å². The number of ether oxygens (including phenoxy) is 1. The summed E-state index contributed by atoms with van der Waals surface area (Å²) in [6, 6.07) is -0.0790. The van der Waals surface area contributed by atoms with Crippen LogP contribution in [0, 0.1) is 0 Å². The molecule has 0 radical (unpaired) electrons. The zero-order valence-corrected chi connectivity index (χ0v) is 10.5. The van der Waals surface area contributed by atoms with Gasteiger partial charge in [0, 0.05) is 17.8 Å². The number of rotatable bonds is 6. The van der Waals surface area contributed by atoms with E-state index in [9.17, 15) is 9.59 Å². The average molecular weight is 257 g/mol. The quantitative estimate of drug-likeness (QED) is 0.725. The van der Waals surface area contributed by atoms with Crippen LogP contribution in [0.3, 0.4) is 0 Å². The van der Waals surface area contributed by atoms with E-state index in [1.807, 2.05) is 6.92 Å². The van der Waals surface area contributed by atoms with Crippen LogP contribution < -0.4 is 11.1 Å². The van der Waals surface area contributed by atoms with Crippen molar-refractivity contribution in [2.45, 2.75) is 25.8 Å². The topological polar surface area (TPSA) is 94.3 Å². The molecule has 0 aliphatic heterocycles. The third-order valence-electron chi connectivity index (χ3n) is 1.98. The lowest BCUT2D eigenvalue weighted by Crippen LogP contribution is -2.23. The van der Waals surface area contributed by atoms with Gasteiger partial charge < -0.3 is 15.8 Å². The Morgan fingerprint density at radius 3 is 2.94 bits per heavy atom. The molecule has 3 N–H and O–H groups in total. The first-order chi connectivity index (χ1) is 8.01. The molecule has 0 saturated carbocycles. The highest BCUT2D eigenvalue weighted by atomic mass is 32.1. The lowest BCUT2D eigenvalue weighted by molar-refractivity contribution is -0.139. The van der Waals surface area contributed by atoms with Crippen molar-refractivity contribution in [3.8, 4) is 0 Å². The van der Waals surface area contributed by atoms with Crippen LogP contribution >= 0.6 is 11.3 Å². The number of esters is 1. The number of aromatic nitrogens is 1. The van der Waals surface area contributed by atoms with Crippen LogP contribution in [0.4, 0.5) is 5.13 Å². The third-order valence-corrected chi connectivity index (χ3v) is 2.80. The Balaban J connectivity index is 2.50. The number of thiazole rings is 1. The number of hydrogen-bond donors (Lipinski definition) is 2. The summed E-state index contributed by atoms with van der Waals surface area (Å²) in [6.07, 6.45) is 0.394. The minimum Gasteiger partial charge on any atom is -0.469 e. The van der Waals surface area contributed by atoms with Crippen LogP contribution in [0.2, 0.25) is 0 Å². The number of methoxy groups -OCH3 is 1. The average Bonchev–Trinajstić information content (AvgIpc) is 2.63. The Morgan fingerprint density at radius 1 is 1.65 bits per heavy atom. The predicted octanol–water partition coefficient (Wildman–Crippen LogP) is 0.534. The molecule has 94 valence electrons. The van der Waals surface area contributed by atoms with E-state index in [2.05, 4.69) is 15.0 Å². The molecule has 1 aromatic rings. The van der Waals surface area contributed by atoms with Crippen LogP contribution in [-0.4, -0.2) is 30.0 Å². The number of nitrogens with two attached hydrogens (primary N) is 1. The van der Waals surface area contributed by atoms with Crippen molar-refractivity contribution in [2.75, 3.05) is 12.4 Å². The van der Waals surface area contributed by atoms with Gasteiger partial charge in [-0.3, -0.25) is 9.59 Å². The summed E-state index contributed by atoms with van der Waals surface area (Å²) < 4.78 is 4.54. The van der Waals surface area contributed by atoms with Gasteiger partial charge in [0.05, 0.1) is 19.2 Å². The third kappa shape index (κ3) is 4.81. The van der Waals surface area contributed by atoms with E-state index in [-0.39, 0.29) is 30.8 Å². The number of anilines is 1. The highest BCUT2D eigenvalue weighted by Gasteiger charge is 2.10. The Morgan fingerprint density at radius 2 is 2.35 bits per heavy atom. The maximum absolute atomic E-state index is 11.0. The van der Waals surface area contributed by atoms with E-state index in [1.54, 1.807) is 5.38 Å². The first-order valence-corrected chi connectivity index (χ1v) is 5.95. The molecule has 0 fully saturated rings. The lowest BCUT2D eigenvalue weighted by atomic mass is 10.2. The number of carbonyl (C=O) groups excluding carboxylic acids is 2. The second-order valence-electron chi connectivity index (χ2n) is 3.61. The molecule has 1 amide bonds. The fraction of sp³-hybridized carbons (Fsp3) is 0.500. The number of hydrogen-bond acceptors (Lipinski definition) is 6. The smallest absolute Gasteiger partial charge is 0.311 e. The van der Waals surface area contributed by atoms with Crippen molar-refractivity contribution in [1.82, 2.24) is 4.98 Å². The van der Waals surface area contributed by atoms with Crippen molar-refractivity contribution in [1.29, 1.82) is 0 Å². The lowest BCUT2D eigenvalue weighted by Gasteiger charge is -2.09. The summed E-state index contributed by atoms with van der Waals surface area (Å²) in [7, 11) is 1.34. The fourth-order valence-corrected chi connectivity index (χ4v) is 2.06. The van der Waals surface area contributed by atoms with Crippen molar-refractivity contribution < 1.29 is 14.3 Å². The second-order valence-corrected chi connectivity index (χ2v) is 4.47. The van der Waals surface area contributed by atoms with Crippen LogP contribution in [0.5, 0.6) is 0 Å². The number of primary amides is 1. The largest absolute Gasteiger partial charge is 0.469 e. The number of amides is 1. The van der Waals surface area contributed by atoms with E-state index in [4.69, 9.17) is 5.73 Å². The molecule has 1 heterocycles. The summed E-state index contributed by atoms with van der Waals surface area (Å²) in [5.41, 5.74) is 5.73. The Bertz CT molecular complexity index is 405. The monoisotopic (exact) mass is 257 g/mol. The Labute approximate surface area is 103 Å². The van der Waals surface area contributed by atoms with Crippen LogP contribution in [0.1, 0.15) is 19.0 Å². The van der Waals surface area contributed by atoms with Gasteiger partial charge in [0.2, 0.25) is 5.91 Å². The zero-order valence-electron chi connectivity index (χ0n) is 9.73. The van der Waals surface area contributed by atoms with Gasteiger partial charge in [-0.2, -0.15) is 0 Å². The molecule has 0 aliphatic carbocycles. The fourth-order valence-electron chi connectivity index (χ4n) is 1.24. The first kappa shape index (κ1) is 13.4. The van der Waals surface area contributed by atoms with E-state index in [0.717, 1.165) is 0 Å². The van der Waals surface area contributed by atoms with Gasteiger partial charge in [-0.05, 0) is 6.92 Å². The molecule has 0 aliphatic rings. The summed E-state index contributed by atoms with van der Waals surface area (Å²) in [6.45, 7) is 1.84. The molecule has 17 heavy (non-hydrogen) atoms. The first-order valence-electron chi connectivity index (χ1n) is 5.07. The van der Waals surface area contributed by atoms with Crippen LogP contribution in [-0.2, 0) is 20.7 Å². The van der Waals surface area contributed by atoms with Gasteiger partial charge >= 0.3 is 5.97 Å². The Hall–Kier alpha value is -1.63. The number of nitrogens with one attached hydrogen (secondary N) is 1. The maximum Gasteiger partial charge on any atom is 0.311 e. The maximum atomic E-state index is 11.0. The summed E-state index contributed by atoms with van der Waals surface area (Å²) in [4.78, 5) is 25.9. The molecular formula is C10H15N3O3S. The molecular weight excluding hydrogens is 242 g/mol. The minimum absolute atomic E-state index is 0.0790. The van der Waals surface area contributed by atoms with Gasteiger partial charge in [0.15, 0.2) is 5.13 Å². The number of carbonyl (C=O) groups is 2. The SMILES string of the molecule is COC(=O)Cc1csc(NC(C)CC(N)=O)n1. The van der Waals surface area contributed by atoms with Gasteiger partial charge in [-0.15, -0.1) is 11.3 Å². The molecule has 1 unspecified atom stereocenters. The molecule has 0 saturated heterocycles. The highest BCUT2D eigenvalue weighted by molar-refractivity contribution is 7.13. The second kappa shape index (κ2) is 6.19. The molecule has 1 rings (SSSR count). The van der Waals surface area contributed by atoms with Crippen LogP contribution in [0.15, 0.2) is 5.38 Å². The van der Waals surface area contributed by atoms with Gasteiger partial charge in [0.25, 0.3) is 0 Å². The predicted molar refractivity (Wildman–Crippen MR) is 64.7 cm³/mol. The minimum atomic E-state index is -0.364. The number of nitrogens with zero attached hydrogens (tertiary/aromatic N) is 1. The zero-order chi connectivity index (χ0) is 12.8. The summed E-state index contributed by atoms with van der Waals surface area (Å²) in [5.74, 6) is -0.691. The van der Waals surface area contributed by atoms with Crippen molar-refractivity contribution in [3.63, 3.8) is 0 Å². The molecule has 1 atom stereocenters. The van der Waals surface area contributed by atoms with Crippen molar-refractivity contribution in [2.24, 2.45) is 5.73 Å².